The minimum atomic E-state index is -0.106. The van der Waals surface area contributed by atoms with Crippen molar-refractivity contribution in [2.75, 3.05) is 19.8 Å². The Morgan fingerprint density at radius 2 is 2.05 bits per heavy atom. The molecule has 2 heterocycles. The molecule has 4 heteroatoms. The van der Waals surface area contributed by atoms with Crippen LogP contribution >= 0.6 is 0 Å². The number of morpholine rings is 1. The number of carbonyl (C=O) groups is 1. The zero-order valence-corrected chi connectivity index (χ0v) is 12.8. The van der Waals surface area contributed by atoms with E-state index >= 15 is 0 Å². The number of benzene rings is 1. The molecule has 1 aromatic carbocycles. The summed E-state index contributed by atoms with van der Waals surface area (Å²) in [6, 6.07) is 13.9. The van der Waals surface area contributed by atoms with Gasteiger partial charge in [0.15, 0.2) is 0 Å². The molecule has 0 radical (unpaired) electrons. The summed E-state index contributed by atoms with van der Waals surface area (Å²) in [4.78, 5) is 14.5. The number of amides is 1. The monoisotopic (exact) mass is 299 g/mol. The SMILES string of the molecule is Cc1ccc([C@H]2COCCN2C(=O)CCc2ccccc2)o1. The molecule has 0 unspecified atom stereocenters. The van der Waals surface area contributed by atoms with E-state index in [1.807, 2.05) is 42.2 Å². The molecule has 0 aliphatic carbocycles. The van der Waals surface area contributed by atoms with E-state index in [0.29, 0.717) is 26.2 Å². The van der Waals surface area contributed by atoms with Crippen molar-refractivity contribution in [3.63, 3.8) is 0 Å². The number of furan rings is 1. The van der Waals surface area contributed by atoms with Gasteiger partial charge in [0.25, 0.3) is 0 Å². The van der Waals surface area contributed by atoms with Crippen molar-refractivity contribution in [3.05, 3.63) is 59.5 Å². The van der Waals surface area contributed by atoms with Crippen LogP contribution in [0, 0.1) is 6.92 Å². The van der Waals surface area contributed by atoms with Crippen LogP contribution < -0.4 is 0 Å². The molecule has 22 heavy (non-hydrogen) atoms. The highest BCUT2D eigenvalue weighted by atomic mass is 16.5. The van der Waals surface area contributed by atoms with E-state index in [2.05, 4.69) is 12.1 Å². The number of rotatable bonds is 4. The van der Waals surface area contributed by atoms with E-state index in [-0.39, 0.29) is 11.9 Å². The number of hydrogen-bond donors (Lipinski definition) is 0. The first-order valence-electron chi connectivity index (χ1n) is 7.71. The molecule has 1 saturated heterocycles. The van der Waals surface area contributed by atoms with Gasteiger partial charge in [-0.15, -0.1) is 0 Å². The van der Waals surface area contributed by atoms with E-state index in [4.69, 9.17) is 9.15 Å². The fourth-order valence-corrected chi connectivity index (χ4v) is 2.81. The minimum Gasteiger partial charge on any atom is -0.464 e. The van der Waals surface area contributed by atoms with Gasteiger partial charge in [0, 0.05) is 13.0 Å². The first-order valence-corrected chi connectivity index (χ1v) is 7.71. The van der Waals surface area contributed by atoms with Crippen LogP contribution in [0.5, 0.6) is 0 Å². The molecule has 0 bridgehead atoms. The molecule has 1 aromatic heterocycles. The molecule has 0 saturated carbocycles. The summed E-state index contributed by atoms with van der Waals surface area (Å²) in [5, 5.41) is 0. The van der Waals surface area contributed by atoms with E-state index in [9.17, 15) is 4.79 Å². The Kier molecular flexibility index (Phi) is 4.59. The average Bonchev–Trinajstić information content (AvgIpc) is 3.00. The van der Waals surface area contributed by atoms with Gasteiger partial charge in [-0.1, -0.05) is 30.3 Å². The highest BCUT2D eigenvalue weighted by molar-refractivity contribution is 5.77. The molecule has 2 aromatic rings. The Labute approximate surface area is 130 Å². The quantitative estimate of drug-likeness (QED) is 0.871. The van der Waals surface area contributed by atoms with Gasteiger partial charge in [-0.25, -0.2) is 0 Å². The first kappa shape index (κ1) is 14.9. The first-order chi connectivity index (χ1) is 10.7. The normalized spacial score (nSPS) is 18.4. The lowest BCUT2D eigenvalue weighted by Crippen LogP contribution is -2.43. The van der Waals surface area contributed by atoms with Crippen LogP contribution in [0.1, 0.15) is 29.5 Å². The summed E-state index contributed by atoms with van der Waals surface area (Å²) < 4.78 is 11.2. The predicted molar refractivity (Wildman–Crippen MR) is 83.5 cm³/mol. The van der Waals surface area contributed by atoms with Crippen LogP contribution in [-0.2, 0) is 16.0 Å². The molecule has 0 spiro atoms. The van der Waals surface area contributed by atoms with Crippen molar-refractivity contribution < 1.29 is 13.9 Å². The third kappa shape index (κ3) is 3.39. The highest BCUT2D eigenvalue weighted by Gasteiger charge is 2.30. The lowest BCUT2D eigenvalue weighted by molar-refractivity contribution is -0.141. The Morgan fingerprint density at radius 3 is 2.77 bits per heavy atom. The summed E-state index contributed by atoms with van der Waals surface area (Å²) in [6.07, 6.45) is 1.28. The smallest absolute Gasteiger partial charge is 0.223 e. The second kappa shape index (κ2) is 6.79. The molecule has 4 nitrogen and oxygen atoms in total. The third-order valence-corrected chi connectivity index (χ3v) is 4.01. The standard InChI is InChI=1S/C18H21NO3/c1-14-7-9-17(22-14)16-13-21-12-11-19(16)18(20)10-8-15-5-3-2-4-6-15/h2-7,9,16H,8,10-13H2,1H3/t16-/m1/s1. The molecule has 3 rings (SSSR count). The summed E-state index contributed by atoms with van der Waals surface area (Å²) in [7, 11) is 0. The number of carbonyl (C=O) groups excluding carboxylic acids is 1. The summed E-state index contributed by atoms with van der Waals surface area (Å²) in [5.74, 6) is 1.83. The van der Waals surface area contributed by atoms with Gasteiger partial charge in [-0.2, -0.15) is 0 Å². The lowest BCUT2D eigenvalue weighted by atomic mass is 10.1. The van der Waals surface area contributed by atoms with Gasteiger partial charge < -0.3 is 14.1 Å². The van der Waals surface area contributed by atoms with Crippen molar-refractivity contribution in [2.45, 2.75) is 25.8 Å². The number of hydrogen-bond acceptors (Lipinski definition) is 3. The predicted octanol–water partition coefficient (Wildman–Crippen LogP) is 3.12. The maximum Gasteiger partial charge on any atom is 0.223 e. The van der Waals surface area contributed by atoms with Crippen LogP contribution in [0.4, 0.5) is 0 Å². The largest absolute Gasteiger partial charge is 0.464 e. The number of nitrogens with zero attached hydrogens (tertiary/aromatic N) is 1. The van der Waals surface area contributed by atoms with Crippen molar-refractivity contribution in [1.82, 2.24) is 4.90 Å². The van der Waals surface area contributed by atoms with Crippen molar-refractivity contribution in [1.29, 1.82) is 0 Å². The fraction of sp³-hybridized carbons (Fsp3) is 0.389. The minimum absolute atomic E-state index is 0.106. The summed E-state index contributed by atoms with van der Waals surface area (Å²) in [6.45, 7) is 3.63. The molecule has 1 fully saturated rings. The Bertz CT molecular complexity index is 620. The second-order valence-corrected chi connectivity index (χ2v) is 5.61. The van der Waals surface area contributed by atoms with E-state index in [1.54, 1.807) is 0 Å². The third-order valence-electron chi connectivity index (χ3n) is 4.01. The molecule has 1 aliphatic rings. The molecule has 1 atom stereocenters. The van der Waals surface area contributed by atoms with Crippen LogP contribution in [0.3, 0.4) is 0 Å². The Morgan fingerprint density at radius 1 is 1.23 bits per heavy atom. The molecular formula is C18H21NO3. The average molecular weight is 299 g/mol. The van der Waals surface area contributed by atoms with Crippen molar-refractivity contribution in [3.8, 4) is 0 Å². The van der Waals surface area contributed by atoms with E-state index < -0.39 is 0 Å². The van der Waals surface area contributed by atoms with E-state index in [1.165, 1.54) is 5.56 Å². The zero-order valence-electron chi connectivity index (χ0n) is 12.8. The molecule has 116 valence electrons. The molecule has 1 amide bonds. The Balaban J connectivity index is 1.66. The van der Waals surface area contributed by atoms with Gasteiger partial charge in [-0.3, -0.25) is 4.79 Å². The highest BCUT2D eigenvalue weighted by Crippen LogP contribution is 2.26. The number of aryl methyl sites for hydroxylation is 2. The van der Waals surface area contributed by atoms with E-state index in [0.717, 1.165) is 17.9 Å². The van der Waals surface area contributed by atoms with Gasteiger partial charge >= 0.3 is 0 Å². The van der Waals surface area contributed by atoms with Crippen molar-refractivity contribution in [2.24, 2.45) is 0 Å². The van der Waals surface area contributed by atoms with Crippen molar-refractivity contribution >= 4 is 5.91 Å². The van der Waals surface area contributed by atoms with Crippen LogP contribution in [0.15, 0.2) is 46.9 Å². The maximum absolute atomic E-state index is 12.6. The van der Waals surface area contributed by atoms with Crippen LogP contribution in [0.25, 0.3) is 0 Å². The van der Waals surface area contributed by atoms with Gasteiger partial charge in [0.05, 0.1) is 13.2 Å². The van der Waals surface area contributed by atoms with Gasteiger partial charge in [0.1, 0.15) is 17.6 Å². The number of ether oxygens (including phenoxy) is 1. The second-order valence-electron chi connectivity index (χ2n) is 5.61. The lowest BCUT2D eigenvalue weighted by Gasteiger charge is -2.34. The van der Waals surface area contributed by atoms with Crippen LogP contribution in [0.2, 0.25) is 0 Å². The zero-order chi connectivity index (χ0) is 15.4. The molecule has 0 N–H and O–H groups in total. The molecule has 1 aliphatic heterocycles. The fourth-order valence-electron chi connectivity index (χ4n) is 2.81. The van der Waals surface area contributed by atoms with Crippen LogP contribution in [-0.4, -0.2) is 30.6 Å². The Hall–Kier alpha value is -2.07. The summed E-state index contributed by atoms with van der Waals surface area (Å²) in [5.41, 5.74) is 1.19. The van der Waals surface area contributed by atoms with Gasteiger partial charge in [-0.05, 0) is 31.0 Å². The topological polar surface area (TPSA) is 42.7 Å². The maximum atomic E-state index is 12.6. The van der Waals surface area contributed by atoms with Gasteiger partial charge in [0.2, 0.25) is 5.91 Å². The summed E-state index contributed by atoms with van der Waals surface area (Å²) >= 11 is 0. The molecular weight excluding hydrogens is 278 g/mol.